The smallest absolute Gasteiger partial charge is 0.343 e. The highest BCUT2D eigenvalue weighted by Gasteiger charge is 2.38. The molecule has 0 spiro atoms. The van der Waals surface area contributed by atoms with Gasteiger partial charge >= 0.3 is 5.97 Å². The fourth-order valence-corrected chi connectivity index (χ4v) is 4.39. The molecule has 0 saturated heterocycles. The van der Waals surface area contributed by atoms with Gasteiger partial charge in [0.2, 0.25) is 5.78 Å². The van der Waals surface area contributed by atoms with Gasteiger partial charge in [0.15, 0.2) is 6.61 Å². The third kappa shape index (κ3) is 6.00. The zero-order valence-corrected chi connectivity index (χ0v) is 21.9. The lowest BCUT2D eigenvalue weighted by Gasteiger charge is -2.22. The van der Waals surface area contributed by atoms with Crippen molar-refractivity contribution in [2.45, 2.75) is 27.3 Å². The first-order valence-electron chi connectivity index (χ1n) is 12.2. The Kier molecular flexibility index (Phi) is 8.06. The van der Waals surface area contributed by atoms with E-state index in [0.717, 1.165) is 27.9 Å². The van der Waals surface area contributed by atoms with Crippen LogP contribution in [0.1, 0.15) is 29.2 Å². The molecule has 3 aromatic rings. The number of methoxy groups -OCH3 is 1. The molecule has 4 rings (SSSR count). The van der Waals surface area contributed by atoms with E-state index >= 15 is 0 Å². The van der Waals surface area contributed by atoms with Gasteiger partial charge in [-0.25, -0.2) is 4.79 Å². The summed E-state index contributed by atoms with van der Waals surface area (Å²) in [6.07, 6.45) is 1.73. The second kappa shape index (κ2) is 11.6. The molecule has 0 fully saturated rings. The van der Waals surface area contributed by atoms with E-state index in [1.54, 1.807) is 42.2 Å². The lowest BCUT2D eigenvalue weighted by molar-refractivity contribution is -0.137. The zero-order chi connectivity index (χ0) is 27.2. The molecule has 7 nitrogen and oxygen atoms in total. The van der Waals surface area contributed by atoms with Gasteiger partial charge in [0.1, 0.15) is 11.3 Å². The first-order chi connectivity index (χ1) is 18.3. The zero-order valence-electron chi connectivity index (χ0n) is 21.9. The van der Waals surface area contributed by atoms with Crippen molar-refractivity contribution in [3.8, 4) is 5.75 Å². The average molecular weight is 511 g/mol. The molecule has 1 aliphatic rings. The monoisotopic (exact) mass is 510 g/mol. The predicted molar refractivity (Wildman–Crippen MR) is 146 cm³/mol. The van der Waals surface area contributed by atoms with Gasteiger partial charge in [-0.1, -0.05) is 48.5 Å². The molecule has 1 N–H and O–H groups in total. The number of ether oxygens (including phenoxy) is 2. The Morgan fingerprint density at radius 1 is 0.921 bits per heavy atom. The number of anilines is 1. The van der Waals surface area contributed by atoms with Crippen LogP contribution < -0.4 is 15.0 Å². The number of hydrogen-bond acceptors (Lipinski definition) is 6. The SMILES string of the molecule is COC(=O)C1=C(C)N(c2cc(C)cc(C)c2)/C(=C\c2ccc(OCC(=O)NCc3ccccc3)cc2)C1=O. The third-order valence-electron chi connectivity index (χ3n) is 6.14. The van der Waals surface area contributed by atoms with Gasteiger partial charge in [-0.3, -0.25) is 9.59 Å². The normalized spacial score (nSPS) is 14.2. The molecular weight excluding hydrogens is 480 g/mol. The minimum atomic E-state index is -0.667. The maximum atomic E-state index is 13.3. The topological polar surface area (TPSA) is 84.9 Å². The number of aryl methyl sites for hydroxylation is 2. The first kappa shape index (κ1) is 26.4. The van der Waals surface area contributed by atoms with Crippen molar-refractivity contribution in [2.24, 2.45) is 0 Å². The van der Waals surface area contributed by atoms with E-state index in [2.05, 4.69) is 5.32 Å². The molecule has 0 aliphatic carbocycles. The highest BCUT2D eigenvalue weighted by molar-refractivity contribution is 6.30. The van der Waals surface area contributed by atoms with E-state index in [1.807, 2.05) is 62.4 Å². The second-order valence-electron chi connectivity index (χ2n) is 9.11. The quantitative estimate of drug-likeness (QED) is 0.264. The fraction of sp³-hybridized carbons (Fsp3) is 0.194. The molecule has 0 atom stereocenters. The average Bonchev–Trinajstić information content (AvgIpc) is 3.15. The highest BCUT2D eigenvalue weighted by Crippen LogP contribution is 2.36. The molecular formula is C31H30N2O5. The fourth-order valence-electron chi connectivity index (χ4n) is 4.39. The Morgan fingerprint density at radius 3 is 2.21 bits per heavy atom. The van der Waals surface area contributed by atoms with Crippen molar-refractivity contribution in [3.63, 3.8) is 0 Å². The summed E-state index contributed by atoms with van der Waals surface area (Å²) in [4.78, 5) is 39.7. The van der Waals surface area contributed by atoms with Crippen LogP contribution in [0.2, 0.25) is 0 Å². The van der Waals surface area contributed by atoms with Crippen molar-refractivity contribution < 1.29 is 23.9 Å². The molecule has 38 heavy (non-hydrogen) atoms. The summed E-state index contributed by atoms with van der Waals surface area (Å²) >= 11 is 0. The summed E-state index contributed by atoms with van der Waals surface area (Å²) in [5, 5.41) is 2.83. The molecule has 0 unspecified atom stereocenters. The van der Waals surface area contributed by atoms with Crippen LogP contribution in [0.25, 0.3) is 6.08 Å². The van der Waals surface area contributed by atoms with Crippen molar-refractivity contribution >= 4 is 29.4 Å². The maximum Gasteiger partial charge on any atom is 0.343 e. The molecule has 3 aromatic carbocycles. The largest absolute Gasteiger partial charge is 0.484 e. The van der Waals surface area contributed by atoms with Crippen LogP contribution in [0.5, 0.6) is 5.75 Å². The van der Waals surface area contributed by atoms with Gasteiger partial charge in [0, 0.05) is 17.9 Å². The van der Waals surface area contributed by atoms with Crippen LogP contribution in [0, 0.1) is 13.8 Å². The standard InChI is InChI=1S/C31H30N2O5/c1-20-14-21(2)16-25(15-20)33-22(3)29(31(36)37-4)30(35)27(33)17-23-10-12-26(13-11-23)38-19-28(34)32-18-24-8-6-5-7-9-24/h5-17H,18-19H2,1-4H3,(H,32,34)/b27-17-. The number of allylic oxidation sites excluding steroid dienone is 2. The molecule has 0 saturated carbocycles. The van der Waals surface area contributed by atoms with Crippen LogP contribution in [-0.4, -0.2) is 31.4 Å². The number of nitrogens with one attached hydrogen (secondary N) is 1. The summed E-state index contributed by atoms with van der Waals surface area (Å²) in [6, 6.07) is 22.7. The lowest BCUT2D eigenvalue weighted by atomic mass is 10.1. The lowest BCUT2D eigenvalue weighted by Crippen LogP contribution is -2.28. The molecule has 0 aromatic heterocycles. The summed E-state index contributed by atoms with van der Waals surface area (Å²) in [6.45, 7) is 6.03. The van der Waals surface area contributed by atoms with Crippen LogP contribution in [0.15, 0.2) is 89.8 Å². The van der Waals surface area contributed by atoms with E-state index in [1.165, 1.54) is 7.11 Å². The van der Waals surface area contributed by atoms with E-state index in [0.29, 0.717) is 23.7 Å². The number of carbonyl (C=O) groups excluding carboxylic acids is 3. The maximum absolute atomic E-state index is 13.3. The van der Waals surface area contributed by atoms with E-state index < -0.39 is 11.8 Å². The number of hydrogen-bond donors (Lipinski definition) is 1. The van der Waals surface area contributed by atoms with E-state index in [4.69, 9.17) is 9.47 Å². The Balaban J connectivity index is 1.51. The summed E-state index contributed by atoms with van der Waals surface area (Å²) in [7, 11) is 1.26. The Labute approximate surface area is 222 Å². The summed E-state index contributed by atoms with van der Waals surface area (Å²) in [5.74, 6) is -0.767. The minimum absolute atomic E-state index is 0.0133. The van der Waals surface area contributed by atoms with Gasteiger partial charge in [-0.2, -0.15) is 0 Å². The molecule has 0 bridgehead atoms. The van der Waals surface area contributed by atoms with Crippen LogP contribution in [0.4, 0.5) is 5.69 Å². The number of nitrogens with zero attached hydrogens (tertiary/aromatic N) is 1. The van der Waals surface area contributed by atoms with Crippen LogP contribution >= 0.6 is 0 Å². The molecule has 1 heterocycles. The Bertz CT molecular complexity index is 1400. The van der Waals surface area contributed by atoms with E-state index in [9.17, 15) is 14.4 Å². The summed E-state index contributed by atoms with van der Waals surface area (Å²) < 4.78 is 10.5. The van der Waals surface area contributed by atoms with Crippen molar-refractivity contribution in [1.29, 1.82) is 0 Å². The van der Waals surface area contributed by atoms with Crippen molar-refractivity contribution in [1.82, 2.24) is 5.32 Å². The molecule has 7 heteroatoms. The highest BCUT2D eigenvalue weighted by atomic mass is 16.5. The van der Waals surface area contributed by atoms with Gasteiger partial charge < -0.3 is 19.7 Å². The van der Waals surface area contributed by atoms with Crippen LogP contribution in [-0.2, 0) is 25.7 Å². The van der Waals surface area contributed by atoms with Crippen LogP contribution in [0.3, 0.4) is 0 Å². The van der Waals surface area contributed by atoms with E-state index in [-0.39, 0.29) is 18.1 Å². The number of carbonyl (C=O) groups is 3. The first-order valence-corrected chi connectivity index (χ1v) is 12.2. The molecule has 1 aliphatic heterocycles. The van der Waals surface area contributed by atoms with Crippen molar-refractivity contribution in [2.75, 3.05) is 18.6 Å². The number of amides is 1. The molecule has 1 amide bonds. The van der Waals surface area contributed by atoms with Crippen molar-refractivity contribution in [3.05, 3.63) is 112 Å². The Morgan fingerprint density at radius 2 is 1.58 bits per heavy atom. The Hall–Kier alpha value is -4.65. The number of Topliss-reactive ketones (excluding diaryl/α,β-unsaturated/α-hetero) is 1. The molecule has 0 radical (unpaired) electrons. The minimum Gasteiger partial charge on any atom is -0.484 e. The molecule has 194 valence electrons. The number of esters is 1. The second-order valence-corrected chi connectivity index (χ2v) is 9.11. The van der Waals surface area contributed by atoms with Gasteiger partial charge in [-0.15, -0.1) is 0 Å². The van der Waals surface area contributed by atoms with Gasteiger partial charge in [-0.05, 0) is 73.4 Å². The van der Waals surface area contributed by atoms with Gasteiger partial charge in [0.05, 0.1) is 12.8 Å². The third-order valence-corrected chi connectivity index (χ3v) is 6.14. The van der Waals surface area contributed by atoms with Gasteiger partial charge in [0.25, 0.3) is 5.91 Å². The number of rotatable bonds is 8. The number of benzene rings is 3. The number of ketones is 1. The summed E-state index contributed by atoms with van der Waals surface area (Å²) in [5.41, 5.74) is 5.50. The predicted octanol–water partition coefficient (Wildman–Crippen LogP) is 4.88.